The minimum Gasteiger partial charge on any atom is -0.411 e. The lowest BCUT2D eigenvalue weighted by Crippen LogP contribution is -2.14. The average molecular weight is 392 g/mol. The van der Waals surface area contributed by atoms with Crippen molar-refractivity contribution in [2.75, 3.05) is 11.1 Å². The predicted molar refractivity (Wildman–Crippen MR) is 95.0 cm³/mol. The van der Waals surface area contributed by atoms with Gasteiger partial charge in [-0.15, -0.1) is 10.2 Å². The number of hydrogen-bond donors (Lipinski definition) is 1. The van der Waals surface area contributed by atoms with E-state index in [9.17, 15) is 14.9 Å². The van der Waals surface area contributed by atoms with Gasteiger partial charge in [0.1, 0.15) is 5.82 Å². The molecule has 26 heavy (non-hydrogen) atoms. The maximum absolute atomic E-state index is 11.9. The third-order valence-electron chi connectivity index (χ3n) is 3.05. The van der Waals surface area contributed by atoms with E-state index in [0.717, 1.165) is 11.8 Å². The molecular formula is C15H10ClN5O4S. The van der Waals surface area contributed by atoms with Crippen LogP contribution in [0, 0.1) is 10.1 Å². The number of benzene rings is 1. The lowest BCUT2D eigenvalue weighted by atomic mass is 10.2. The number of nitro groups is 1. The molecule has 0 bridgehead atoms. The van der Waals surface area contributed by atoms with Gasteiger partial charge in [0.05, 0.1) is 15.7 Å². The number of thioether (sulfide) groups is 1. The Hall–Kier alpha value is -2.98. The smallest absolute Gasteiger partial charge is 0.277 e. The van der Waals surface area contributed by atoms with Gasteiger partial charge in [0.2, 0.25) is 11.8 Å². The Morgan fingerprint density at radius 2 is 2.00 bits per heavy atom. The molecule has 1 aromatic carbocycles. The van der Waals surface area contributed by atoms with Crippen molar-refractivity contribution >= 4 is 40.8 Å². The van der Waals surface area contributed by atoms with Crippen molar-refractivity contribution in [2.24, 2.45) is 0 Å². The van der Waals surface area contributed by atoms with E-state index < -0.39 is 4.92 Å². The van der Waals surface area contributed by atoms with Gasteiger partial charge in [-0.3, -0.25) is 14.9 Å². The van der Waals surface area contributed by atoms with Crippen molar-refractivity contribution in [3.63, 3.8) is 0 Å². The van der Waals surface area contributed by atoms with Crippen LogP contribution < -0.4 is 5.32 Å². The molecular weight excluding hydrogens is 382 g/mol. The minimum atomic E-state index is -0.493. The second-order valence-electron chi connectivity index (χ2n) is 4.88. The van der Waals surface area contributed by atoms with E-state index in [0.29, 0.717) is 16.4 Å². The number of nitrogens with one attached hydrogen (secondary N) is 1. The Morgan fingerprint density at radius 1 is 1.23 bits per heavy atom. The molecule has 0 radical (unpaired) electrons. The summed E-state index contributed by atoms with van der Waals surface area (Å²) in [7, 11) is 0. The monoisotopic (exact) mass is 391 g/mol. The molecule has 1 N–H and O–H groups in total. The normalized spacial score (nSPS) is 10.5. The summed E-state index contributed by atoms with van der Waals surface area (Å²) < 4.78 is 5.44. The molecule has 3 rings (SSSR count). The highest BCUT2D eigenvalue weighted by Gasteiger charge is 2.13. The molecule has 0 spiro atoms. The molecule has 11 heteroatoms. The Labute approximate surface area is 155 Å². The first-order valence-electron chi connectivity index (χ1n) is 7.14. The number of aromatic nitrogens is 3. The second kappa shape index (κ2) is 7.93. The molecule has 0 unspecified atom stereocenters. The van der Waals surface area contributed by atoms with Crippen LogP contribution in [0.5, 0.6) is 0 Å². The van der Waals surface area contributed by atoms with Gasteiger partial charge < -0.3 is 9.73 Å². The summed E-state index contributed by atoms with van der Waals surface area (Å²) in [5, 5.41) is 21.6. The molecule has 0 atom stereocenters. The zero-order valence-corrected chi connectivity index (χ0v) is 14.5. The molecule has 132 valence electrons. The summed E-state index contributed by atoms with van der Waals surface area (Å²) in [6.07, 6.45) is 1.43. The first-order valence-corrected chi connectivity index (χ1v) is 8.50. The van der Waals surface area contributed by atoms with Crippen molar-refractivity contribution in [1.29, 1.82) is 0 Å². The highest BCUT2D eigenvalue weighted by molar-refractivity contribution is 7.99. The summed E-state index contributed by atoms with van der Waals surface area (Å²) in [4.78, 5) is 26.0. The number of nitrogens with zero attached hydrogens (tertiary/aromatic N) is 4. The quantitative estimate of drug-likeness (QED) is 0.385. The third-order valence-corrected chi connectivity index (χ3v) is 4.10. The summed E-state index contributed by atoms with van der Waals surface area (Å²) in [6.45, 7) is 0. The second-order valence-corrected chi connectivity index (χ2v) is 6.24. The molecule has 0 saturated heterocycles. The first kappa shape index (κ1) is 17.8. The standard InChI is InChI=1S/C15H10ClN5O4S/c16-10-3-6-12(17-7-10)18-13(22)8-26-15-20-19-14(25-15)9-1-4-11(5-2-9)21(23)24/h1-7H,8H2,(H,17,18,22). The fourth-order valence-corrected chi connectivity index (χ4v) is 2.54. The van der Waals surface area contributed by atoms with Crippen molar-refractivity contribution in [3.8, 4) is 11.5 Å². The van der Waals surface area contributed by atoms with Crippen LogP contribution in [0.2, 0.25) is 5.02 Å². The van der Waals surface area contributed by atoms with Gasteiger partial charge in [-0.2, -0.15) is 0 Å². The zero-order chi connectivity index (χ0) is 18.5. The zero-order valence-electron chi connectivity index (χ0n) is 13.0. The first-order chi connectivity index (χ1) is 12.5. The lowest BCUT2D eigenvalue weighted by molar-refractivity contribution is -0.384. The van der Waals surface area contributed by atoms with E-state index in [4.69, 9.17) is 16.0 Å². The van der Waals surface area contributed by atoms with Crippen molar-refractivity contribution in [3.05, 3.63) is 57.7 Å². The van der Waals surface area contributed by atoms with E-state index in [1.165, 1.54) is 30.5 Å². The van der Waals surface area contributed by atoms with Crippen molar-refractivity contribution in [1.82, 2.24) is 15.2 Å². The number of rotatable bonds is 6. The van der Waals surface area contributed by atoms with Crippen LogP contribution in [0.25, 0.3) is 11.5 Å². The van der Waals surface area contributed by atoms with Crippen LogP contribution in [0.3, 0.4) is 0 Å². The average Bonchev–Trinajstić information content (AvgIpc) is 3.11. The van der Waals surface area contributed by atoms with Crippen LogP contribution in [0.4, 0.5) is 11.5 Å². The number of hydrogen-bond acceptors (Lipinski definition) is 8. The summed E-state index contributed by atoms with van der Waals surface area (Å²) in [5.74, 6) is 0.353. The largest absolute Gasteiger partial charge is 0.411 e. The summed E-state index contributed by atoms with van der Waals surface area (Å²) in [6, 6.07) is 8.92. The van der Waals surface area contributed by atoms with Gasteiger partial charge >= 0.3 is 0 Å². The Kier molecular flexibility index (Phi) is 5.44. The number of nitro benzene ring substituents is 1. The van der Waals surface area contributed by atoms with Crippen molar-refractivity contribution in [2.45, 2.75) is 5.22 Å². The maximum atomic E-state index is 11.9. The molecule has 2 heterocycles. The summed E-state index contributed by atoms with van der Waals surface area (Å²) in [5.41, 5.74) is 0.514. The Balaban J connectivity index is 1.57. The van der Waals surface area contributed by atoms with Gasteiger partial charge in [0.25, 0.3) is 10.9 Å². The van der Waals surface area contributed by atoms with Crippen LogP contribution in [0.1, 0.15) is 0 Å². The lowest BCUT2D eigenvalue weighted by Gasteiger charge is -2.02. The van der Waals surface area contributed by atoms with Crippen LogP contribution in [0.15, 0.2) is 52.2 Å². The number of carbonyl (C=O) groups is 1. The van der Waals surface area contributed by atoms with Crippen molar-refractivity contribution < 1.29 is 14.1 Å². The topological polar surface area (TPSA) is 124 Å². The Morgan fingerprint density at radius 3 is 2.65 bits per heavy atom. The van der Waals surface area contributed by atoms with E-state index in [1.807, 2.05) is 0 Å². The van der Waals surface area contributed by atoms with Crippen LogP contribution in [-0.2, 0) is 4.79 Å². The molecule has 0 aliphatic rings. The van der Waals surface area contributed by atoms with E-state index in [2.05, 4.69) is 20.5 Å². The minimum absolute atomic E-state index is 0.0321. The maximum Gasteiger partial charge on any atom is 0.277 e. The third kappa shape index (κ3) is 4.55. The molecule has 2 aromatic heterocycles. The highest BCUT2D eigenvalue weighted by Crippen LogP contribution is 2.25. The predicted octanol–water partition coefficient (Wildman–Crippen LogP) is 3.42. The number of anilines is 1. The molecule has 3 aromatic rings. The molecule has 0 aliphatic heterocycles. The number of halogens is 1. The van der Waals surface area contributed by atoms with Gasteiger partial charge in [-0.25, -0.2) is 4.98 Å². The number of carbonyl (C=O) groups excluding carboxylic acids is 1. The summed E-state index contributed by atoms with van der Waals surface area (Å²) >= 11 is 6.79. The van der Waals surface area contributed by atoms with Crippen LogP contribution >= 0.6 is 23.4 Å². The van der Waals surface area contributed by atoms with E-state index >= 15 is 0 Å². The van der Waals surface area contributed by atoms with Gasteiger partial charge in [0, 0.05) is 23.9 Å². The fourth-order valence-electron chi connectivity index (χ4n) is 1.87. The molecule has 0 fully saturated rings. The highest BCUT2D eigenvalue weighted by atomic mass is 35.5. The number of pyridine rings is 1. The fraction of sp³-hybridized carbons (Fsp3) is 0.0667. The Bertz CT molecular complexity index is 930. The van der Waals surface area contributed by atoms with Gasteiger partial charge in [0.15, 0.2) is 0 Å². The van der Waals surface area contributed by atoms with E-state index in [-0.39, 0.29) is 28.5 Å². The van der Waals surface area contributed by atoms with Crippen LogP contribution in [-0.4, -0.2) is 31.8 Å². The molecule has 1 amide bonds. The van der Waals surface area contributed by atoms with E-state index in [1.54, 1.807) is 12.1 Å². The van der Waals surface area contributed by atoms with Gasteiger partial charge in [-0.1, -0.05) is 23.4 Å². The molecule has 0 saturated carbocycles. The van der Waals surface area contributed by atoms with Gasteiger partial charge in [-0.05, 0) is 24.3 Å². The SMILES string of the molecule is O=C(CSc1nnc(-c2ccc([N+](=O)[O-])cc2)o1)Nc1ccc(Cl)cn1. The molecule has 0 aliphatic carbocycles. The number of non-ortho nitro benzene ring substituents is 1. The molecule has 9 nitrogen and oxygen atoms in total. The number of amides is 1.